The van der Waals surface area contributed by atoms with Gasteiger partial charge in [0, 0.05) is 31.7 Å². The molecular weight excluding hydrogens is 342 g/mol. The molecule has 1 aliphatic heterocycles. The first-order valence-corrected chi connectivity index (χ1v) is 9.61. The molecule has 4 nitrogen and oxygen atoms in total. The van der Waals surface area contributed by atoms with E-state index in [0.29, 0.717) is 5.54 Å². The zero-order valence-electron chi connectivity index (χ0n) is 14.2. The molecule has 2 aliphatic rings. The van der Waals surface area contributed by atoms with Crippen LogP contribution in [0.4, 0.5) is 0 Å². The largest absolute Gasteiger partial charge is 0.440 e. The summed E-state index contributed by atoms with van der Waals surface area (Å²) in [6.45, 7) is 6.29. The summed E-state index contributed by atoms with van der Waals surface area (Å²) in [5.74, 6) is 1.75. The van der Waals surface area contributed by atoms with Gasteiger partial charge in [0.1, 0.15) is 5.76 Å². The number of nitrogens with zero attached hydrogens (tertiary/aromatic N) is 2. The molecule has 4 rings (SSSR count). The fraction of sp³-hybridized carbons (Fsp3) is 0.611. The molecule has 0 unspecified atom stereocenters. The summed E-state index contributed by atoms with van der Waals surface area (Å²) in [5, 5.41) is 5.69. The highest BCUT2D eigenvalue weighted by Crippen LogP contribution is 2.36. The van der Waals surface area contributed by atoms with E-state index in [0.717, 1.165) is 48.4 Å². The molecule has 0 aromatic carbocycles. The van der Waals surface area contributed by atoms with Gasteiger partial charge < -0.3 is 9.73 Å². The third kappa shape index (κ3) is 3.40. The van der Waals surface area contributed by atoms with Crippen LogP contribution in [0, 0.1) is 6.92 Å². The van der Waals surface area contributed by atoms with Crippen molar-refractivity contribution < 1.29 is 4.42 Å². The minimum absolute atomic E-state index is 0. The van der Waals surface area contributed by atoms with E-state index < -0.39 is 0 Å². The number of piperazine rings is 1. The lowest BCUT2D eigenvalue weighted by molar-refractivity contribution is 0.0197. The number of aryl methyl sites for hydroxylation is 1. The van der Waals surface area contributed by atoms with Gasteiger partial charge in [-0.25, -0.2) is 4.98 Å². The number of oxazole rings is 1. The van der Waals surface area contributed by atoms with Gasteiger partial charge in [-0.1, -0.05) is 25.3 Å². The second kappa shape index (κ2) is 7.56. The second-order valence-corrected chi connectivity index (χ2v) is 7.83. The summed E-state index contributed by atoms with van der Waals surface area (Å²) in [5.41, 5.74) is 1.45. The van der Waals surface area contributed by atoms with Crippen LogP contribution in [0.25, 0.3) is 10.8 Å². The molecule has 2 fully saturated rings. The molecule has 3 heterocycles. The van der Waals surface area contributed by atoms with Gasteiger partial charge >= 0.3 is 0 Å². The molecule has 1 spiro atoms. The lowest BCUT2D eigenvalue weighted by atomic mass is 9.79. The second-order valence-electron chi connectivity index (χ2n) is 6.88. The number of halogens is 1. The molecule has 1 N–H and O–H groups in total. The molecule has 0 bridgehead atoms. The third-order valence-corrected chi connectivity index (χ3v) is 6.29. The monoisotopic (exact) mass is 367 g/mol. The van der Waals surface area contributed by atoms with Crippen molar-refractivity contribution in [3.8, 4) is 10.8 Å². The molecule has 0 atom stereocenters. The Balaban J connectivity index is 0.00000169. The molecule has 2 aromatic heterocycles. The molecule has 1 aliphatic carbocycles. The van der Waals surface area contributed by atoms with Crippen LogP contribution >= 0.6 is 23.7 Å². The van der Waals surface area contributed by atoms with Gasteiger partial charge in [0.2, 0.25) is 5.89 Å². The predicted octanol–water partition coefficient (Wildman–Crippen LogP) is 4.24. The Bertz CT molecular complexity index is 641. The van der Waals surface area contributed by atoms with Crippen LogP contribution in [0.3, 0.4) is 0 Å². The minimum Gasteiger partial charge on any atom is -0.440 e. The molecule has 6 heteroatoms. The Kier molecular flexibility index (Phi) is 5.65. The Morgan fingerprint density at radius 2 is 2.17 bits per heavy atom. The van der Waals surface area contributed by atoms with Crippen molar-refractivity contribution in [2.45, 2.75) is 51.1 Å². The first-order chi connectivity index (χ1) is 11.3. The summed E-state index contributed by atoms with van der Waals surface area (Å²) >= 11 is 1.69. The van der Waals surface area contributed by atoms with Crippen LogP contribution in [0.2, 0.25) is 0 Å². The fourth-order valence-electron chi connectivity index (χ4n) is 4.09. The standard InChI is InChI=1S/C18H25N3OS.ClH/c1-14-15(20-17(22-14)16-6-5-11-23-16)12-21-10-9-19-13-18(21)7-3-2-4-8-18;/h5-6,11,19H,2-4,7-10,12-13H2,1H3;1H. The van der Waals surface area contributed by atoms with E-state index in [1.54, 1.807) is 11.3 Å². The molecular formula is C18H26ClN3OS. The number of hydrogen-bond acceptors (Lipinski definition) is 5. The SMILES string of the molecule is Cc1oc(-c2cccs2)nc1CN1CCNCC12CCCCC2.Cl. The van der Waals surface area contributed by atoms with Crippen LogP contribution in [-0.4, -0.2) is 35.1 Å². The first-order valence-electron chi connectivity index (χ1n) is 8.73. The summed E-state index contributed by atoms with van der Waals surface area (Å²) < 4.78 is 5.93. The van der Waals surface area contributed by atoms with Gasteiger partial charge in [-0.2, -0.15) is 0 Å². The average Bonchev–Trinajstić information content (AvgIpc) is 3.21. The normalized spacial score (nSPS) is 20.9. The topological polar surface area (TPSA) is 41.3 Å². The van der Waals surface area contributed by atoms with Gasteiger partial charge in [-0.15, -0.1) is 23.7 Å². The summed E-state index contributed by atoms with van der Waals surface area (Å²) in [7, 11) is 0. The Labute approximate surface area is 154 Å². The molecule has 2 aromatic rings. The maximum absolute atomic E-state index is 5.93. The number of hydrogen-bond donors (Lipinski definition) is 1. The highest BCUT2D eigenvalue weighted by atomic mass is 35.5. The van der Waals surface area contributed by atoms with E-state index in [-0.39, 0.29) is 12.4 Å². The van der Waals surface area contributed by atoms with Crippen LogP contribution in [0.5, 0.6) is 0 Å². The number of thiophene rings is 1. The summed E-state index contributed by atoms with van der Waals surface area (Å²) in [6, 6.07) is 4.12. The Morgan fingerprint density at radius 1 is 1.33 bits per heavy atom. The van der Waals surface area contributed by atoms with E-state index in [1.165, 1.54) is 32.1 Å². The van der Waals surface area contributed by atoms with Gasteiger partial charge in [0.15, 0.2) is 0 Å². The highest BCUT2D eigenvalue weighted by molar-refractivity contribution is 7.13. The fourth-order valence-corrected chi connectivity index (χ4v) is 4.74. The molecule has 0 radical (unpaired) electrons. The number of rotatable bonds is 3. The Morgan fingerprint density at radius 3 is 2.92 bits per heavy atom. The van der Waals surface area contributed by atoms with Crippen molar-refractivity contribution in [3.05, 3.63) is 29.0 Å². The van der Waals surface area contributed by atoms with Crippen molar-refractivity contribution in [3.63, 3.8) is 0 Å². The maximum Gasteiger partial charge on any atom is 0.236 e. The zero-order chi connectivity index (χ0) is 15.7. The molecule has 0 amide bonds. The van der Waals surface area contributed by atoms with E-state index in [2.05, 4.69) is 28.6 Å². The van der Waals surface area contributed by atoms with Gasteiger partial charge in [-0.3, -0.25) is 4.90 Å². The van der Waals surface area contributed by atoms with Crippen molar-refractivity contribution >= 4 is 23.7 Å². The zero-order valence-corrected chi connectivity index (χ0v) is 15.8. The van der Waals surface area contributed by atoms with Crippen molar-refractivity contribution in [1.82, 2.24) is 15.2 Å². The summed E-state index contributed by atoms with van der Waals surface area (Å²) in [6.07, 6.45) is 6.73. The minimum atomic E-state index is 0. The van der Waals surface area contributed by atoms with Crippen LogP contribution in [-0.2, 0) is 6.54 Å². The predicted molar refractivity (Wildman–Crippen MR) is 101 cm³/mol. The third-order valence-electron chi connectivity index (χ3n) is 5.43. The highest BCUT2D eigenvalue weighted by Gasteiger charge is 2.40. The van der Waals surface area contributed by atoms with Crippen molar-refractivity contribution in [2.24, 2.45) is 0 Å². The lowest BCUT2D eigenvalue weighted by Crippen LogP contribution is -2.61. The molecule has 1 saturated heterocycles. The Hall–Kier alpha value is -0.880. The molecule has 24 heavy (non-hydrogen) atoms. The van der Waals surface area contributed by atoms with Crippen LogP contribution < -0.4 is 5.32 Å². The van der Waals surface area contributed by atoms with Gasteiger partial charge in [-0.05, 0) is 31.2 Å². The molecule has 1 saturated carbocycles. The van der Waals surface area contributed by atoms with E-state index in [4.69, 9.17) is 9.40 Å². The molecule has 132 valence electrons. The summed E-state index contributed by atoms with van der Waals surface area (Å²) in [4.78, 5) is 8.60. The average molecular weight is 368 g/mol. The van der Waals surface area contributed by atoms with Crippen LogP contribution in [0.1, 0.15) is 43.6 Å². The van der Waals surface area contributed by atoms with Gasteiger partial charge in [0.25, 0.3) is 0 Å². The van der Waals surface area contributed by atoms with E-state index in [9.17, 15) is 0 Å². The van der Waals surface area contributed by atoms with Crippen molar-refractivity contribution in [2.75, 3.05) is 19.6 Å². The smallest absolute Gasteiger partial charge is 0.236 e. The van der Waals surface area contributed by atoms with E-state index >= 15 is 0 Å². The number of aromatic nitrogens is 1. The quantitative estimate of drug-likeness (QED) is 0.880. The lowest BCUT2D eigenvalue weighted by Gasteiger charge is -2.49. The van der Waals surface area contributed by atoms with Crippen LogP contribution in [0.15, 0.2) is 21.9 Å². The first kappa shape index (κ1) is 17.9. The van der Waals surface area contributed by atoms with E-state index in [1.807, 2.05) is 6.07 Å². The van der Waals surface area contributed by atoms with Crippen molar-refractivity contribution in [1.29, 1.82) is 0 Å². The maximum atomic E-state index is 5.93. The number of nitrogens with one attached hydrogen (secondary N) is 1. The van der Waals surface area contributed by atoms with Gasteiger partial charge in [0.05, 0.1) is 10.6 Å².